The molecule has 15 heavy (non-hydrogen) atoms. The summed E-state index contributed by atoms with van der Waals surface area (Å²) >= 11 is 0. The van der Waals surface area contributed by atoms with Crippen LogP contribution in [-0.4, -0.2) is 29.7 Å². The van der Waals surface area contributed by atoms with Gasteiger partial charge in [0, 0.05) is 30.3 Å². The van der Waals surface area contributed by atoms with E-state index in [9.17, 15) is 0 Å². The summed E-state index contributed by atoms with van der Waals surface area (Å²) in [5.74, 6) is 0.985. The molecule has 1 unspecified atom stereocenters. The molecule has 0 amide bonds. The summed E-state index contributed by atoms with van der Waals surface area (Å²) in [5.41, 5.74) is 6.79. The van der Waals surface area contributed by atoms with Crippen molar-refractivity contribution in [3.8, 4) is 0 Å². The lowest BCUT2D eigenvalue weighted by molar-refractivity contribution is 0.0403. The molecule has 0 spiro atoms. The first kappa shape index (κ1) is 10.6. The average molecular weight is 209 g/mol. The molecule has 4 heteroatoms. The molecule has 84 valence electrons. The van der Waals surface area contributed by atoms with Gasteiger partial charge in [-0.15, -0.1) is 0 Å². The molecule has 1 aromatic rings. The maximum Gasteiger partial charge on any atom is 0.107 e. The Hall–Kier alpha value is -0.870. The van der Waals surface area contributed by atoms with Crippen molar-refractivity contribution < 1.29 is 4.74 Å². The van der Waals surface area contributed by atoms with Crippen LogP contribution in [0.2, 0.25) is 0 Å². The van der Waals surface area contributed by atoms with Gasteiger partial charge in [0.2, 0.25) is 0 Å². The molecule has 1 fully saturated rings. The summed E-state index contributed by atoms with van der Waals surface area (Å²) in [6.45, 7) is 4.54. The number of H-pyrrole nitrogens is 1. The summed E-state index contributed by atoms with van der Waals surface area (Å²) in [4.78, 5) is 7.69. The average Bonchev–Trinajstić information content (AvgIpc) is 2.69. The Morgan fingerprint density at radius 3 is 3.20 bits per heavy atom. The molecule has 1 aliphatic rings. The Balaban J connectivity index is 2.12. The van der Waals surface area contributed by atoms with Gasteiger partial charge in [0.1, 0.15) is 5.82 Å². The zero-order valence-corrected chi connectivity index (χ0v) is 9.25. The molecule has 0 bridgehead atoms. The van der Waals surface area contributed by atoms with Gasteiger partial charge in [-0.1, -0.05) is 6.92 Å². The molecule has 0 radical (unpaired) electrons. The van der Waals surface area contributed by atoms with Crippen LogP contribution >= 0.6 is 0 Å². The van der Waals surface area contributed by atoms with Crippen molar-refractivity contribution in [2.75, 3.05) is 19.8 Å². The quantitative estimate of drug-likeness (QED) is 0.780. The molecular formula is C11H19N3O. The molecule has 0 saturated carbocycles. The summed E-state index contributed by atoms with van der Waals surface area (Å²) in [5, 5.41) is 0. The van der Waals surface area contributed by atoms with Crippen LogP contribution in [0.3, 0.4) is 0 Å². The molecule has 1 atom stereocenters. The number of nitrogens with zero attached hydrogens (tertiary/aromatic N) is 1. The van der Waals surface area contributed by atoms with E-state index >= 15 is 0 Å². The highest BCUT2D eigenvalue weighted by Gasteiger charge is 2.31. The fourth-order valence-corrected chi connectivity index (χ4v) is 2.08. The lowest BCUT2D eigenvalue weighted by atomic mass is 9.82. The van der Waals surface area contributed by atoms with Crippen molar-refractivity contribution in [1.82, 2.24) is 9.97 Å². The number of nitrogens with one attached hydrogen (secondary N) is 1. The lowest BCUT2D eigenvalue weighted by Gasteiger charge is -2.32. The van der Waals surface area contributed by atoms with E-state index in [1.54, 1.807) is 0 Å². The Labute approximate surface area is 90.2 Å². The molecule has 0 aromatic carbocycles. The zero-order valence-electron chi connectivity index (χ0n) is 9.25. The number of ether oxygens (including phenoxy) is 1. The number of rotatable bonds is 3. The monoisotopic (exact) mass is 209 g/mol. The van der Waals surface area contributed by atoms with Crippen LogP contribution < -0.4 is 5.73 Å². The van der Waals surface area contributed by atoms with E-state index in [-0.39, 0.29) is 5.41 Å². The molecule has 1 aromatic heterocycles. The predicted octanol–water partition coefficient (Wildman–Crippen LogP) is 0.979. The van der Waals surface area contributed by atoms with Crippen LogP contribution in [0.15, 0.2) is 6.20 Å². The first-order chi connectivity index (χ1) is 7.24. The summed E-state index contributed by atoms with van der Waals surface area (Å²) < 4.78 is 5.54. The van der Waals surface area contributed by atoms with E-state index in [0.717, 1.165) is 38.3 Å². The third-order valence-electron chi connectivity index (χ3n) is 3.10. The fourth-order valence-electron chi connectivity index (χ4n) is 2.08. The SMILES string of the molecule is CC1(c2cnc(CCN)[nH]2)CCCOC1. The van der Waals surface area contributed by atoms with Gasteiger partial charge < -0.3 is 15.5 Å². The van der Waals surface area contributed by atoms with Gasteiger partial charge in [-0.3, -0.25) is 0 Å². The topological polar surface area (TPSA) is 63.9 Å². The van der Waals surface area contributed by atoms with Gasteiger partial charge in [0.15, 0.2) is 0 Å². The molecule has 4 nitrogen and oxygen atoms in total. The summed E-state index contributed by atoms with van der Waals surface area (Å²) in [6.07, 6.45) is 5.04. The number of imidazole rings is 1. The third kappa shape index (κ3) is 2.21. The number of nitrogens with two attached hydrogens (primary N) is 1. The number of aromatic nitrogens is 2. The minimum atomic E-state index is 0.109. The van der Waals surface area contributed by atoms with E-state index < -0.39 is 0 Å². The van der Waals surface area contributed by atoms with Crippen LogP contribution in [0.5, 0.6) is 0 Å². The van der Waals surface area contributed by atoms with Crippen LogP contribution in [0.4, 0.5) is 0 Å². The van der Waals surface area contributed by atoms with Gasteiger partial charge in [0.25, 0.3) is 0 Å². The zero-order chi connectivity index (χ0) is 10.7. The van der Waals surface area contributed by atoms with E-state index in [1.807, 2.05) is 6.20 Å². The van der Waals surface area contributed by atoms with Crippen molar-refractivity contribution in [3.05, 3.63) is 17.7 Å². The second-order valence-electron chi connectivity index (χ2n) is 4.50. The van der Waals surface area contributed by atoms with Gasteiger partial charge in [-0.25, -0.2) is 4.98 Å². The Morgan fingerprint density at radius 1 is 1.67 bits per heavy atom. The van der Waals surface area contributed by atoms with E-state index in [4.69, 9.17) is 10.5 Å². The van der Waals surface area contributed by atoms with Crippen molar-refractivity contribution in [3.63, 3.8) is 0 Å². The highest BCUT2D eigenvalue weighted by molar-refractivity contribution is 5.15. The highest BCUT2D eigenvalue weighted by atomic mass is 16.5. The summed E-state index contributed by atoms with van der Waals surface area (Å²) in [6, 6.07) is 0. The van der Waals surface area contributed by atoms with E-state index in [1.165, 1.54) is 5.69 Å². The lowest BCUT2D eigenvalue weighted by Crippen LogP contribution is -2.33. The second kappa shape index (κ2) is 4.33. The summed E-state index contributed by atoms with van der Waals surface area (Å²) in [7, 11) is 0. The Kier molecular flexibility index (Phi) is 3.07. The molecule has 1 saturated heterocycles. The van der Waals surface area contributed by atoms with Crippen LogP contribution in [0.1, 0.15) is 31.3 Å². The smallest absolute Gasteiger partial charge is 0.107 e. The maximum absolute atomic E-state index is 5.54. The third-order valence-corrected chi connectivity index (χ3v) is 3.10. The van der Waals surface area contributed by atoms with Crippen LogP contribution in [-0.2, 0) is 16.6 Å². The van der Waals surface area contributed by atoms with Gasteiger partial charge in [-0.05, 0) is 19.4 Å². The van der Waals surface area contributed by atoms with Crippen molar-refractivity contribution in [2.45, 2.75) is 31.6 Å². The maximum atomic E-state index is 5.54. The highest BCUT2D eigenvalue weighted by Crippen LogP contribution is 2.31. The van der Waals surface area contributed by atoms with E-state index in [0.29, 0.717) is 6.54 Å². The first-order valence-electron chi connectivity index (χ1n) is 5.57. The van der Waals surface area contributed by atoms with Crippen molar-refractivity contribution in [1.29, 1.82) is 0 Å². The second-order valence-corrected chi connectivity index (χ2v) is 4.50. The fraction of sp³-hybridized carbons (Fsp3) is 0.727. The normalized spacial score (nSPS) is 26.8. The molecule has 3 N–H and O–H groups in total. The standard InChI is InChI=1S/C11H19N3O/c1-11(4-2-6-15-8-11)9-7-13-10(14-9)3-5-12/h7H,2-6,8,12H2,1H3,(H,13,14). The van der Waals surface area contributed by atoms with Crippen molar-refractivity contribution in [2.24, 2.45) is 5.73 Å². The first-order valence-corrected chi connectivity index (χ1v) is 5.57. The molecule has 0 aliphatic carbocycles. The Bertz CT molecular complexity index is 315. The van der Waals surface area contributed by atoms with Crippen LogP contribution in [0, 0.1) is 0 Å². The molecule has 1 aliphatic heterocycles. The number of hydrogen-bond acceptors (Lipinski definition) is 3. The number of hydrogen-bond donors (Lipinski definition) is 2. The minimum absolute atomic E-state index is 0.109. The molecular weight excluding hydrogens is 190 g/mol. The minimum Gasteiger partial charge on any atom is -0.380 e. The van der Waals surface area contributed by atoms with Gasteiger partial charge in [-0.2, -0.15) is 0 Å². The number of aromatic amines is 1. The van der Waals surface area contributed by atoms with Gasteiger partial charge in [0.05, 0.1) is 6.61 Å². The van der Waals surface area contributed by atoms with Crippen molar-refractivity contribution >= 4 is 0 Å². The van der Waals surface area contributed by atoms with E-state index in [2.05, 4.69) is 16.9 Å². The Morgan fingerprint density at radius 2 is 2.53 bits per heavy atom. The van der Waals surface area contributed by atoms with Gasteiger partial charge >= 0.3 is 0 Å². The molecule has 2 rings (SSSR count). The molecule has 2 heterocycles. The predicted molar refractivity (Wildman–Crippen MR) is 58.8 cm³/mol. The van der Waals surface area contributed by atoms with Crippen LogP contribution in [0.25, 0.3) is 0 Å². The largest absolute Gasteiger partial charge is 0.380 e.